The minimum Gasteiger partial charge on any atom is -0.355 e. The van der Waals surface area contributed by atoms with E-state index in [2.05, 4.69) is 10.6 Å². The number of nitrogens with one attached hydrogen (secondary N) is 2. The van der Waals surface area contributed by atoms with Crippen LogP contribution in [0.15, 0.2) is 48.5 Å². The molecular weight excluding hydrogens is 264 g/mol. The van der Waals surface area contributed by atoms with E-state index >= 15 is 0 Å². The number of fused-ring (bicyclic) bond motifs is 1. The Morgan fingerprint density at radius 3 is 2.62 bits per heavy atom. The molecule has 0 radical (unpaired) electrons. The van der Waals surface area contributed by atoms with Crippen LogP contribution in [0.25, 0.3) is 11.6 Å². The van der Waals surface area contributed by atoms with E-state index in [9.17, 15) is 9.59 Å². The van der Waals surface area contributed by atoms with Crippen LogP contribution in [-0.4, -0.2) is 18.9 Å². The smallest absolute Gasteiger partial charge is 0.256 e. The van der Waals surface area contributed by atoms with Gasteiger partial charge in [-0.25, -0.2) is 0 Å². The van der Waals surface area contributed by atoms with Gasteiger partial charge in [0, 0.05) is 29.4 Å². The Bertz CT molecular complexity index is 749. The summed E-state index contributed by atoms with van der Waals surface area (Å²) in [5.41, 5.74) is 3.54. The van der Waals surface area contributed by atoms with Crippen molar-refractivity contribution in [2.24, 2.45) is 0 Å². The lowest BCUT2D eigenvalue weighted by atomic mass is 10.0. The van der Waals surface area contributed by atoms with Gasteiger partial charge in [-0.3, -0.25) is 9.59 Å². The van der Waals surface area contributed by atoms with Crippen molar-refractivity contribution >= 4 is 29.2 Å². The molecule has 104 valence electrons. The molecule has 0 saturated heterocycles. The maximum atomic E-state index is 12.1. The molecule has 4 nitrogen and oxygen atoms in total. The van der Waals surface area contributed by atoms with Gasteiger partial charge in [-0.15, -0.1) is 0 Å². The van der Waals surface area contributed by atoms with Crippen molar-refractivity contribution in [1.29, 1.82) is 0 Å². The molecule has 2 aromatic carbocycles. The minimum atomic E-state index is -0.170. The van der Waals surface area contributed by atoms with Crippen LogP contribution in [0.4, 0.5) is 5.69 Å². The fourth-order valence-electron chi connectivity index (χ4n) is 2.33. The van der Waals surface area contributed by atoms with Gasteiger partial charge >= 0.3 is 0 Å². The van der Waals surface area contributed by atoms with Crippen LogP contribution in [0.1, 0.15) is 21.5 Å². The van der Waals surface area contributed by atoms with Crippen molar-refractivity contribution in [1.82, 2.24) is 5.32 Å². The fraction of sp³-hybridized carbons (Fsp3) is 0.0588. The Labute approximate surface area is 122 Å². The average molecular weight is 278 g/mol. The molecule has 2 N–H and O–H groups in total. The Hall–Kier alpha value is -2.88. The first kappa shape index (κ1) is 13.1. The Kier molecular flexibility index (Phi) is 3.28. The maximum Gasteiger partial charge on any atom is 0.256 e. The molecule has 4 heteroatoms. The second-order valence-corrected chi connectivity index (χ2v) is 4.76. The molecular formula is C17H14N2O2. The third-order valence-electron chi connectivity index (χ3n) is 3.40. The van der Waals surface area contributed by atoms with Crippen LogP contribution in [0, 0.1) is 0 Å². The Morgan fingerprint density at radius 2 is 1.90 bits per heavy atom. The molecule has 0 saturated carbocycles. The summed E-state index contributed by atoms with van der Waals surface area (Å²) in [5, 5.41) is 5.40. The van der Waals surface area contributed by atoms with Crippen LogP contribution in [0.5, 0.6) is 0 Å². The zero-order valence-electron chi connectivity index (χ0n) is 11.5. The van der Waals surface area contributed by atoms with Crippen LogP contribution in [0.3, 0.4) is 0 Å². The molecule has 2 aromatic rings. The molecule has 0 aliphatic carbocycles. The van der Waals surface area contributed by atoms with Crippen LogP contribution in [-0.2, 0) is 4.79 Å². The van der Waals surface area contributed by atoms with Crippen molar-refractivity contribution in [2.45, 2.75) is 0 Å². The quantitative estimate of drug-likeness (QED) is 0.829. The van der Waals surface area contributed by atoms with Crippen molar-refractivity contribution in [3.05, 3.63) is 65.2 Å². The number of rotatable bonds is 2. The number of carbonyl (C=O) groups is 2. The summed E-state index contributed by atoms with van der Waals surface area (Å²) in [6, 6.07) is 14.8. The predicted octanol–water partition coefficient (Wildman–Crippen LogP) is 2.54. The van der Waals surface area contributed by atoms with Gasteiger partial charge in [-0.05, 0) is 29.8 Å². The van der Waals surface area contributed by atoms with Gasteiger partial charge in [0.15, 0.2) is 0 Å². The van der Waals surface area contributed by atoms with E-state index in [1.165, 1.54) is 0 Å². The molecule has 0 aromatic heterocycles. The highest BCUT2D eigenvalue weighted by atomic mass is 16.2. The van der Waals surface area contributed by atoms with Crippen molar-refractivity contribution in [3.8, 4) is 0 Å². The summed E-state index contributed by atoms with van der Waals surface area (Å²) >= 11 is 0. The molecule has 21 heavy (non-hydrogen) atoms. The summed E-state index contributed by atoms with van der Waals surface area (Å²) in [4.78, 5) is 23.8. The van der Waals surface area contributed by atoms with Gasteiger partial charge in [0.2, 0.25) is 0 Å². The second-order valence-electron chi connectivity index (χ2n) is 4.76. The molecule has 0 spiro atoms. The highest BCUT2D eigenvalue weighted by molar-refractivity contribution is 6.35. The predicted molar refractivity (Wildman–Crippen MR) is 82.8 cm³/mol. The van der Waals surface area contributed by atoms with E-state index < -0.39 is 0 Å². The number of amides is 2. The van der Waals surface area contributed by atoms with Crippen LogP contribution < -0.4 is 10.6 Å². The number of anilines is 1. The van der Waals surface area contributed by atoms with Crippen molar-refractivity contribution in [3.63, 3.8) is 0 Å². The van der Waals surface area contributed by atoms with Crippen molar-refractivity contribution in [2.75, 3.05) is 12.4 Å². The lowest BCUT2D eigenvalue weighted by molar-refractivity contribution is -0.110. The molecule has 1 heterocycles. The fourth-order valence-corrected chi connectivity index (χ4v) is 2.33. The van der Waals surface area contributed by atoms with Gasteiger partial charge in [0.05, 0.1) is 0 Å². The minimum absolute atomic E-state index is 0.150. The number of hydrogen-bond donors (Lipinski definition) is 2. The van der Waals surface area contributed by atoms with E-state index in [-0.39, 0.29) is 11.8 Å². The van der Waals surface area contributed by atoms with E-state index in [4.69, 9.17) is 0 Å². The largest absolute Gasteiger partial charge is 0.355 e. The zero-order chi connectivity index (χ0) is 14.8. The van der Waals surface area contributed by atoms with Gasteiger partial charge in [0.25, 0.3) is 11.8 Å². The molecule has 0 fully saturated rings. The normalized spacial score (nSPS) is 14.7. The topological polar surface area (TPSA) is 58.2 Å². The number of carbonyl (C=O) groups excluding carboxylic acids is 2. The average Bonchev–Trinajstić information content (AvgIpc) is 2.83. The molecule has 1 aliphatic heterocycles. The molecule has 0 bridgehead atoms. The molecule has 3 rings (SSSR count). The standard InChI is InChI=1S/C17H14N2O2/c1-18-16(20)12-7-8-15-13(10-12)14(17(21)19-15)9-11-5-3-2-4-6-11/h2-10H,1H3,(H,18,20)(H,19,21)/b14-9+. The van der Waals surface area contributed by atoms with Crippen LogP contribution >= 0.6 is 0 Å². The van der Waals surface area contributed by atoms with Gasteiger partial charge < -0.3 is 10.6 Å². The van der Waals surface area contributed by atoms with Gasteiger partial charge in [0.1, 0.15) is 0 Å². The van der Waals surface area contributed by atoms with Gasteiger partial charge in [-0.2, -0.15) is 0 Å². The third kappa shape index (κ3) is 2.43. The summed E-state index contributed by atoms with van der Waals surface area (Å²) in [6.07, 6.45) is 1.83. The maximum absolute atomic E-state index is 12.1. The van der Waals surface area contributed by atoms with E-state index in [0.717, 1.165) is 16.8 Å². The van der Waals surface area contributed by atoms with Crippen LogP contribution in [0.2, 0.25) is 0 Å². The first-order valence-electron chi connectivity index (χ1n) is 6.63. The van der Waals surface area contributed by atoms with E-state index in [1.807, 2.05) is 36.4 Å². The van der Waals surface area contributed by atoms with Crippen molar-refractivity contribution < 1.29 is 9.59 Å². The summed E-state index contributed by atoms with van der Waals surface area (Å²) in [5.74, 6) is -0.320. The molecule has 0 unspecified atom stereocenters. The number of hydrogen-bond acceptors (Lipinski definition) is 2. The SMILES string of the molecule is CNC(=O)c1ccc2c(c1)/C(=C\c1ccccc1)C(=O)N2. The van der Waals surface area contributed by atoms with Gasteiger partial charge in [-0.1, -0.05) is 30.3 Å². The highest BCUT2D eigenvalue weighted by Gasteiger charge is 2.25. The Balaban J connectivity index is 2.08. The summed E-state index contributed by atoms with van der Waals surface area (Å²) < 4.78 is 0. The first-order chi connectivity index (χ1) is 10.2. The molecule has 1 aliphatic rings. The lowest BCUT2D eigenvalue weighted by Crippen LogP contribution is -2.17. The van der Waals surface area contributed by atoms with E-state index in [1.54, 1.807) is 25.2 Å². The van der Waals surface area contributed by atoms with E-state index in [0.29, 0.717) is 11.1 Å². The lowest BCUT2D eigenvalue weighted by Gasteiger charge is -2.03. The molecule has 0 atom stereocenters. The molecule has 2 amide bonds. The summed E-state index contributed by atoms with van der Waals surface area (Å²) in [7, 11) is 1.58. The first-order valence-corrected chi connectivity index (χ1v) is 6.63. The zero-order valence-corrected chi connectivity index (χ0v) is 11.5. The monoisotopic (exact) mass is 278 g/mol. The third-order valence-corrected chi connectivity index (χ3v) is 3.40. The second kappa shape index (κ2) is 5.25. The number of benzene rings is 2. The highest BCUT2D eigenvalue weighted by Crippen LogP contribution is 2.33. The summed E-state index contributed by atoms with van der Waals surface area (Å²) in [6.45, 7) is 0. The Morgan fingerprint density at radius 1 is 1.14 bits per heavy atom.